The van der Waals surface area contributed by atoms with E-state index in [1.807, 2.05) is 18.2 Å². The van der Waals surface area contributed by atoms with E-state index < -0.39 is 0 Å². The molecule has 0 aliphatic rings. The van der Waals surface area contributed by atoms with Gasteiger partial charge in [-0.1, -0.05) is 12.1 Å². The smallest absolute Gasteiger partial charge is 0.176 e. The third-order valence-electron chi connectivity index (χ3n) is 3.77. The minimum Gasteiger partial charge on any atom is -0.493 e. The molecule has 0 bridgehead atoms. The van der Waals surface area contributed by atoms with Crippen molar-refractivity contribution in [2.75, 3.05) is 27.7 Å². The van der Waals surface area contributed by atoms with Gasteiger partial charge in [0.05, 0.1) is 13.2 Å². The van der Waals surface area contributed by atoms with Gasteiger partial charge >= 0.3 is 0 Å². The first-order valence-electron chi connectivity index (χ1n) is 6.99. The number of methoxy groups -OCH3 is 1. The first kappa shape index (κ1) is 14.9. The molecule has 2 rings (SSSR count). The normalized spacial score (nSPS) is 14.7. The maximum atomic E-state index is 5.94. The zero-order valence-electron chi connectivity index (χ0n) is 12.9. The highest BCUT2D eigenvalue weighted by molar-refractivity contribution is 5.83. The van der Waals surface area contributed by atoms with Gasteiger partial charge in [-0.25, -0.2) is 0 Å². The molecular weight excluding hydrogens is 252 g/mol. The van der Waals surface area contributed by atoms with Gasteiger partial charge in [-0.2, -0.15) is 0 Å². The van der Waals surface area contributed by atoms with Gasteiger partial charge in [0.1, 0.15) is 5.76 Å². The Morgan fingerprint density at radius 3 is 2.70 bits per heavy atom. The largest absolute Gasteiger partial charge is 0.493 e. The minimum absolute atomic E-state index is 0.175. The van der Waals surface area contributed by atoms with E-state index in [0.29, 0.717) is 6.04 Å². The van der Waals surface area contributed by atoms with Crippen molar-refractivity contribution in [3.05, 3.63) is 30.0 Å². The molecule has 0 spiro atoms. The number of hydrogen-bond acceptors (Lipinski definition) is 4. The summed E-state index contributed by atoms with van der Waals surface area (Å²) in [5.74, 6) is 1.72. The van der Waals surface area contributed by atoms with Crippen LogP contribution in [0.1, 0.15) is 25.6 Å². The summed E-state index contributed by atoms with van der Waals surface area (Å²) in [5, 5.41) is 4.58. The molecule has 2 atom stereocenters. The molecule has 110 valence electrons. The molecule has 2 aromatic rings. The predicted molar refractivity (Wildman–Crippen MR) is 82.3 cm³/mol. The molecule has 0 aliphatic heterocycles. The number of nitrogens with zero attached hydrogens (tertiary/aromatic N) is 1. The average Bonchev–Trinajstić information content (AvgIpc) is 2.87. The molecule has 0 saturated carbocycles. The molecule has 1 heterocycles. The van der Waals surface area contributed by atoms with Crippen molar-refractivity contribution in [2.45, 2.75) is 25.9 Å². The van der Waals surface area contributed by atoms with Gasteiger partial charge < -0.3 is 19.4 Å². The summed E-state index contributed by atoms with van der Waals surface area (Å²) in [6.45, 7) is 5.23. The fourth-order valence-corrected chi connectivity index (χ4v) is 2.06. The van der Waals surface area contributed by atoms with Crippen molar-refractivity contribution < 1.29 is 9.15 Å². The third-order valence-corrected chi connectivity index (χ3v) is 3.77. The van der Waals surface area contributed by atoms with Crippen LogP contribution in [0.15, 0.2) is 28.7 Å². The lowest BCUT2D eigenvalue weighted by Crippen LogP contribution is -2.36. The Bertz CT molecular complexity index is 563. The van der Waals surface area contributed by atoms with Crippen LogP contribution in [0, 0.1) is 0 Å². The molecule has 20 heavy (non-hydrogen) atoms. The Kier molecular flexibility index (Phi) is 4.68. The molecule has 1 aromatic heterocycles. The van der Waals surface area contributed by atoms with E-state index in [4.69, 9.17) is 9.15 Å². The van der Waals surface area contributed by atoms with Crippen LogP contribution in [0.5, 0.6) is 5.75 Å². The molecule has 0 fully saturated rings. The van der Waals surface area contributed by atoms with Crippen LogP contribution >= 0.6 is 0 Å². The van der Waals surface area contributed by atoms with Gasteiger partial charge in [0.25, 0.3) is 0 Å². The SMILES string of the molecule is COc1cccc2cc(C(C)NCC(C)N(C)C)oc12. The van der Waals surface area contributed by atoms with Crippen molar-refractivity contribution in [1.29, 1.82) is 0 Å². The molecule has 1 aromatic carbocycles. The van der Waals surface area contributed by atoms with Crippen LogP contribution in [-0.2, 0) is 0 Å². The first-order valence-corrected chi connectivity index (χ1v) is 6.99. The molecule has 1 N–H and O–H groups in total. The van der Waals surface area contributed by atoms with Gasteiger partial charge in [-0.05, 0) is 40.1 Å². The van der Waals surface area contributed by atoms with Crippen LogP contribution in [0.25, 0.3) is 11.0 Å². The predicted octanol–water partition coefficient (Wildman–Crippen LogP) is 3.04. The summed E-state index contributed by atoms with van der Waals surface area (Å²) in [4.78, 5) is 2.20. The number of ether oxygens (including phenoxy) is 1. The monoisotopic (exact) mass is 276 g/mol. The highest BCUT2D eigenvalue weighted by Crippen LogP contribution is 2.30. The van der Waals surface area contributed by atoms with Gasteiger partial charge in [0, 0.05) is 18.0 Å². The summed E-state index contributed by atoms with van der Waals surface area (Å²) in [6.07, 6.45) is 0. The summed E-state index contributed by atoms with van der Waals surface area (Å²) < 4.78 is 11.3. The number of para-hydroxylation sites is 1. The number of furan rings is 1. The maximum absolute atomic E-state index is 5.94. The molecule has 0 aliphatic carbocycles. The summed E-state index contributed by atoms with van der Waals surface area (Å²) >= 11 is 0. The second kappa shape index (κ2) is 6.29. The molecule has 0 amide bonds. The Hall–Kier alpha value is -1.52. The first-order chi connectivity index (χ1) is 9.52. The zero-order valence-corrected chi connectivity index (χ0v) is 12.9. The lowest BCUT2D eigenvalue weighted by Gasteiger charge is -2.22. The Balaban J connectivity index is 2.12. The van der Waals surface area contributed by atoms with Crippen LogP contribution in [-0.4, -0.2) is 38.7 Å². The van der Waals surface area contributed by atoms with E-state index in [0.717, 1.165) is 29.0 Å². The summed E-state index contributed by atoms with van der Waals surface area (Å²) in [5.41, 5.74) is 0.819. The minimum atomic E-state index is 0.175. The molecular formula is C16H24N2O2. The zero-order chi connectivity index (χ0) is 14.7. The van der Waals surface area contributed by atoms with Crippen LogP contribution in [0.2, 0.25) is 0 Å². The fourth-order valence-electron chi connectivity index (χ4n) is 2.06. The summed E-state index contributed by atoms with van der Waals surface area (Å²) in [7, 11) is 5.84. The fraction of sp³-hybridized carbons (Fsp3) is 0.500. The average molecular weight is 276 g/mol. The number of nitrogens with one attached hydrogen (secondary N) is 1. The number of hydrogen-bond donors (Lipinski definition) is 1. The van der Waals surface area contributed by atoms with Gasteiger partial charge in [-0.3, -0.25) is 0 Å². The van der Waals surface area contributed by atoms with Crippen LogP contribution in [0.3, 0.4) is 0 Å². The molecule has 2 unspecified atom stereocenters. The summed E-state index contributed by atoms with van der Waals surface area (Å²) in [6, 6.07) is 8.68. The highest BCUT2D eigenvalue weighted by Gasteiger charge is 2.15. The lowest BCUT2D eigenvalue weighted by atomic mass is 10.2. The second-order valence-electron chi connectivity index (χ2n) is 5.47. The van der Waals surface area contributed by atoms with Crippen molar-refractivity contribution in [3.8, 4) is 5.75 Å². The molecule has 0 radical (unpaired) electrons. The topological polar surface area (TPSA) is 37.6 Å². The van der Waals surface area contributed by atoms with E-state index in [1.165, 1.54) is 0 Å². The van der Waals surface area contributed by atoms with E-state index in [2.05, 4.69) is 44.2 Å². The van der Waals surface area contributed by atoms with Gasteiger partial charge in [0.2, 0.25) is 0 Å². The molecule has 4 nitrogen and oxygen atoms in total. The number of rotatable bonds is 6. The lowest BCUT2D eigenvalue weighted by molar-refractivity contribution is 0.290. The van der Waals surface area contributed by atoms with E-state index in [1.54, 1.807) is 7.11 Å². The Morgan fingerprint density at radius 2 is 2.05 bits per heavy atom. The van der Waals surface area contributed by atoms with E-state index in [9.17, 15) is 0 Å². The van der Waals surface area contributed by atoms with Crippen molar-refractivity contribution in [3.63, 3.8) is 0 Å². The molecule has 4 heteroatoms. The van der Waals surface area contributed by atoms with E-state index >= 15 is 0 Å². The maximum Gasteiger partial charge on any atom is 0.176 e. The quantitative estimate of drug-likeness (QED) is 0.880. The van der Waals surface area contributed by atoms with E-state index in [-0.39, 0.29) is 6.04 Å². The standard InChI is InChI=1S/C16H24N2O2/c1-11(18(3)4)10-17-12(2)15-9-13-7-6-8-14(19-5)16(13)20-15/h6-9,11-12,17H,10H2,1-5H3. The van der Waals surface area contributed by atoms with Crippen LogP contribution in [0.4, 0.5) is 0 Å². The number of benzene rings is 1. The van der Waals surface area contributed by atoms with Crippen molar-refractivity contribution in [2.24, 2.45) is 0 Å². The van der Waals surface area contributed by atoms with Crippen molar-refractivity contribution >= 4 is 11.0 Å². The second-order valence-corrected chi connectivity index (χ2v) is 5.47. The molecule has 0 saturated heterocycles. The van der Waals surface area contributed by atoms with Crippen LogP contribution < -0.4 is 10.1 Å². The Morgan fingerprint density at radius 1 is 1.30 bits per heavy atom. The number of fused-ring (bicyclic) bond motifs is 1. The van der Waals surface area contributed by atoms with Crippen molar-refractivity contribution in [1.82, 2.24) is 10.2 Å². The highest BCUT2D eigenvalue weighted by atomic mass is 16.5. The van der Waals surface area contributed by atoms with Gasteiger partial charge in [0.15, 0.2) is 11.3 Å². The Labute approximate surface area is 120 Å². The van der Waals surface area contributed by atoms with Gasteiger partial charge in [-0.15, -0.1) is 0 Å². The third kappa shape index (κ3) is 3.14. The number of likely N-dealkylation sites (N-methyl/N-ethyl adjacent to an activating group) is 1.